The van der Waals surface area contributed by atoms with Gasteiger partial charge in [-0.05, 0) is 76.2 Å². The van der Waals surface area contributed by atoms with Crippen molar-refractivity contribution < 1.29 is 78.2 Å². The van der Waals surface area contributed by atoms with E-state index in [1.165, 1.54) is 11.4 Å². The molecule has 0 amide bonds. The first kappa shape index (κ1) is 46.7. The minimum Gasteiger partial charge on any atom is -1.00 e. The molecule has 2 aromatic carbocycles. The quantitative estimate of drug-likeness (QED) is 0.0915. The standard InChI is InChI=1S/2C14H21N6.4ClH.Zn/c2*1-5-20(6-2)13-9-7-12(8-10-13)15-16-14-17-19(4)11-18(14)3;;;;;/h2*7-11H,5-6H2,1-4H3;4*1H;/q2*+1;;;;;+2/p-4. The zero-order valence-electron chi connectivity index (χ0n) is 27.2. The maximum absolute atomic E-state index is 4.21. The second kappa shape index (κ2) is 23.6. The van der Waals surface area contributed by atoms with E-state index < -0.39 is 0 Å². The molecule has 4 aromatic rings. The van der Waals surface area contributed by atoms with Gasteiger partial charge < -0.3 is 59.4 Å². The molecule has 0 saturated carbocycles. The number of halogens is 4. The van der Waals surface area contributed by atoms with E-state index in [9.17, 15) is 0 Å². The monoisotopic (exact) mass is 750 g/mol. The molecule has 0 bridgehead atoms. The van der Waals surface area contributed by atoms with E-state index >= 15 is 0 Å². The van der Waals surface area contributed by atoms with E-state index in [2.05, 4.69) is 92.4 Å². The van der Waals surface area contributed by atoms with Gasteiger partial charge in [-0.2, -0.15) is 0 Å². The number of rotatable bonds is 10. The van der Waals surface area contributed by atoms with Gasteiger partial charge in [-0.15, -0.1) is 9.36 Å². The second-order valence-corrected chi connectivity index (χ2v) is 9.18. The molecule has 12 nitrogen and oxygen atoms in total. The number of nitrogens with zero attached hydrogens (tertiary/aromatic N) is 12. The minimum absolute atomic E-state index is 0. The molecule has 0 aliphatic rings. The van der Waals surface area contributed by atoms with Gasteiger partial charge in [0.05, 0.1) is 39.6 Å². The van der Waals surface area contributed by atoms with Gasteiger partial charge in [0.25, 0.3) is 0 Å². The molecule has 0 aliphatic heterocycles. The Hall–Kier alpha value is -2.70. The summed E-state index contributed by atoms with van der Waals surface area (Å²) in [5.74, 6) is 1.17. The summed E-state index contributed by atoms with van der Waals surface area (Å²) in [6.45, 7) is 12.6. The molecule has 17 heteroatoms. The fourth-order valence-electron chi connectivity index (χ4n) is 4.10. The molecular weight excluding hydrogens is 712 g/mol. The van der Waals surface area contributed by atoms with Crippen molar-refractivity contribution in [2.75, 3.05) is 36.0 Å². The Bertz CT molecular complexity index is 1290. The van der Waals surface area contributed by atoms with Crippen molar-refractivity contribution >= 4 is 34.6 Å². The van der Waals surface area contributed by atoms with Crippen LogP contribution in [0.25, 0.3) is 0 Å². The fraction of sp³-hybridized carbons (Fsp3) is 0.429. The zero-order chi connectivity index (χ0) is 29.1. The smallest absolute Gasteiger partial charge is 1.00 e. The van der Waals surface area contributed by atoms with Crippen molar-refractivity contribution in [1.29, 1.82) is 0 Å². The van der Waals surface area contributed by atoms with Crippen LogP contribution in [0.2, 0.25) is 0 Å². The Morgan fingerprint density at radius 2 is 0.844 bits per heavy atom. The number of aromatic nitrogens is 6. The summed E-state index contributed by atoms with van der Waals surface area (Å²) in [4.78, 5) is 4.58. The number of anilines is 2. The van der Waals surface area contributed by atoms with Crippen LogP contribution < -0.4 is 68.6 Å². The van der Waals surface area contributed by atoms with Gasteiger partial charge in [0.2, 0.25) is 0 Å². The number of hydrogen-bond acceptors (Lipinski definition) is 8. The van der Waals surface area contributed by atoms with Crippen molar-refractivity contribution in [2.24, 2.45) is 48.6 Å². The van der Waals surface area contributed by atoms with E-state index in [0.29, 0.717) is 11.9 Å². The minimum atomic E-state index is 0. The zero-order valence-corrected chi connectivity index (χ0v) is 33.2. The number of hydrogen-bond donors (Lipinski definition) is 0. The summed E-state index contributed by atoms with van der Waals surface area (Å²) in [5.41, 5.74) is 4.06. The number of aryl methyl sites for hydroxylation is 4. The van der Waals surface area contributed by atoms with Crippen molar-refractivity contribution in [3.63, 3.8) is 0 Å². The largest absolute Gasteiger partial charge is 2.00 e. The topological polar surface area (TPSA) is 99.3 Å². The average molecular weight is 754 g/mol. The third-order valence-electron chi connectivity index (χ3n) is 6.27. The predicted octanol–water partition coefficient (Wildman–Crippen LogP) is -6.97. The second-order valence-electron chi connectivity index (χ2n) is 9.18. The van der Waals surface area contributed by atoms with Crippen LogP contribution >= 0.6 is 0 Å². The molecule has 0 saturated heterocycles. The summed E-state index contributed by atoms with van der Waals surface area (Å²) in [6, 6.07) is 16.2. The average Bonchev–Trinajstić information content (AvgIpc) is 3.46. The van der Waals surface area contributed by atoms with Gasteiger partial charge in [0.1, 0.15) is 0 Å². The summed E-state index contributed by atoms with van der Waals surface area (Å²) in [5, 5.41) is 25.2. The van der Waals surface area contributed by atoms with Gasteiger partial charge in [-0.1, -0.05) is 10.2 Å². The predicted molar refractivity (Wildman–Crippen MR) is 157 cm³/mol. The van der Waals surface area contributed by atoms with Crippen molar-refractivity contribution in [1.82, 2.24) is 19.6 Å². The van der Waals surface area contributed by atoms with E-state index in [1.54, 1.807) is 9.36 Å². The first-order valence-corrected chi connectivity index (χ1v) is 13.6. The maximum Gasteiger partial charge on any atom is 2.00 e. The van der Waals surface area contributed by atoms with Crippen LogP contribution in [0.15, 0.2) is 81.6 Å². The molecule has 4 rings (SSSR count). The van der Waals surface area contributed by atoms with Gasteiger partial charge in [-0.25, -0.2) is 9.13 Å². The van der Waals surface area contributed by atoms with Crippen LogP contribution in [-0.2, 0) is 47.7 Å². The van der Waals surface area contributed by atoms with Crippen molar-refractivity contribution in [2.45, 2.75) is 27.7 Å². The number of benzene rings is 2. The van der Waals surface area contributed by atoms with Crippen LogP contribution in [0.5, 0.6) is 0 Å². The molecule has 0 aliphatic carbocycles. The Morgan fingerprint density at radius 1 is 0.556 bits per heavy atom. The molecular formula is C28H42Cl4N12Zn. The molecule has 0 spiro atoms. The first-order valence-electron chi connectivity index (χ1n) is 13.6. The van der Waals surface area contributed by atoms with Gasteiger partial charge in [0.15, 0.2) is 12.7 Å². The Kier molecular flexibility index (Phi) is 24.5. The third kappa shape index (κ3) is 14.1. The Labute approximate surface area is 304 Å². The van der Waals surface area contributed by atoms with Crippen molar-refractivity contribution in [3.05, 3.63) is 61.2 Å². The van der Waals surface area contributed by atoms with Gasteiger partial charge >= 0.3 is 31.4 Å². The fourth-order valence-corrected chi connectivity index (χ4v) is 4.10. The van der Waals surface area contributed by atoms with Crippen LogP contribution in [0.3, 0.4) is 0 Å². The SMILES string of the molecule is CCN(CC)c1ccc(N=Nc2nn(C)c[n+]2C)cc1.CCN(CC)c1ccc(N=Nc2nn(C)c[n+]2C)cc1.[Cl-].[Cl-].[Cl-].[Cl-].[Zn+2]. The molecule has 45 heavy (non-hydrogen) atoms. The molecule has 0 fully saturated rings. The molecule has 0 N–H and O–H groups in total. The Balaban J connectivity index is -0.000000706. The summed E-state index contributed by atoms with van der Waals surface area (Å²) in [6.07, 6.45) is 3.69. The summed E-state index contributed by atoms with van der Waals surface area (Å²) in [7, 11) is 7.51. The normalized spacial score (nSPS) is 9.96. The van der Waals surface area contributed by atoms with Crippen LogP contribution in [0, 0.1) is 0 Å². The molecule has 0 atom stereocenters. The molecule has 244 valence electrons. The first-order chi connectivity index (χ1) is 19.3. The Morgan fingerprint density at radius 3 is 1.07 bits per heavy atom. The van der Waals surface area contributed by atoms with E-state index in [0.717, 1.165) is 37.6 Å². The van der Waals surface area contributed by atoms with E-state index in [4.69, 9.17) is 0 Å². The van der Waals surface area contributed by atoms with Gasteiger partial charge in [-0.3, -0.25) is 0 Å². The molecule has 0 radical (unpaired) electrons. The van der Waals surface area contributed by atoms with Gasteiger partial charge in [0, 0.05) is 58.0 Å². The van der Waals surface area contributed by atoms with Crippen LogP contribution in [0.4, 0.5) is 34.6 Å². The van der Waals surface area contributed by atoms with E-state index in [1.807, 2.05) is 74.2 Å². The van der Waals surface area contributed by atoms with E-state index in [-0.39, 0.29) is 69.1 Å². The summed E-state index contributed by atoms with van der Waals surface area (Å²) >= 11 is 0. The van der Waals surface area contributed by atoms with Crippen LogP contribution in [0.1, 0.15) is 27.7 Å². The maximum atomic E-state index is 4.21. The van der Waals surface area contributed by atoms with Crippen LogP contribution in [-0.4, -0.2) is 45.7 Å². The number of azo groups is 2. The molecule has 2 heterocycles. The third-order valence-corrected chi connectivity index (χ3v) is 6.27. The summed E-state index contributed by atoms with van der Waals surface area (Å²) < 4.78 is 7.07. The van der Waals surface area contributed by atoms with Crippen molar-refractivity contribution in [3.8, 4) is 0 Å². The molecule has 0 unspecified atom stereocenters. The molecule has 2 aromatic heterocycles.